The number of piperazine rings is 1. The number of carbonyl (C=O) groups excluding carboxylic acids is 1. The van der Waals surface area contributed by atoms with Crippen LogP contribution in [0.3, 0.4) is 0 Å². The Morgan fingerprint density at radius 3 is 2.42 bits per heavy atom. The third-order valence-corrected chi connectivity index (χ3v) is 7.03. The van der Waals surface area contributed by atoms with E-state index >= 15 is 0 Å². The molecule has 2 amide bonds. The largest absolute Gasteiger partial charge is 0.322 e. The molecule has 1 saturated heterocycles. The van der Waals surface area contributed by atoms with Crippen molar-refractivity contribution in [2.75, 3.05) is 31.5 Å². The van der Waals surface area contributed by atoms with Crippen LogP contribution in [0.25, 0.3) is 16.2 Å². The van der Waals surface area contributed by atoms with E-state index in [1.165, 1.54) is 12.1 Å². The molecule has 0 aliphatic carbocycles. The monoisotopic (exact) mass is 463 g/mol. The number of hydrogen-bond donors (Lipinski definition) is 1. The Labute approximate surface area is 196 Å². The van der Waals surface area contributed by atoms with E-state index in [2.05, 4.69) is 26.9 Å². The highest BCUT2D eigenvalue weighted by molar-refractivity contribution is 7.15. The van der Waals surface area contributed by atoms with Crippen LogP contribution < -0.4 is 5.32 Å². The van der Waals surface area contributed by atoms with Crippen molar-refractivity contribution in [3.05, 3.63) is 76.7 Å². The molecule has 0 unspecified atom stereocenters. The maximum absolute atomic E-state index is 13.5. The molecule has 2 aromatic heterocycles. The number of carbonyl (C=O) groups is 1. The molecule has 1 aliphatic rings. The van der Waals surface area contributed by atoms with Crippen molar-refractivity contribution >= 4 is 28.0 Å². The molecule has 6 nitrogen and oxygen atoms in total. The van der Waals surface area contributed by atoms with Crippen molar-refractivity contribution in [3.8, 4) is 11.3 Å². The molecule has 8 heteroatoms. The number of nitrogens with zero attached hydrogens (tertiary/aromatic N) is 4. The first-order valence-electron chi connectivity index (χ1n) is 11.0. The predicted octanol–water partition coefficient (Wildman–Crippen LogP) is 5.17. The van der Waals surface area contributed by atoms with E-state index in [-0.39, 0.29) is 11.8 Å². The highest BCUT2D eigenvalue weighted by Crippen LogP contribution is 2.30. The van der Waals surface area contributed by atoms with Gasteiger partial charge in [0.05, 0.1) is 11.4 Å². The molecule has 5 rings (SSSR count). The number of fused-ring (bicyclic) bond motifs is 1. The van der Waals surface area contributed by atoms with Gasteiger partial charge in [-0.3, -0.25) is 9.30 Å². The Hall–Kier alpha value is -3.23. The van der Waals surface area contributed by atoms with E-state index in [0.717, 1.165) is 58.5 Å². The van der Waals surface area contributed by atoms with E-state index in [1.807, 2.05) is 36.1 Å². The SMILES string of the molecule is Cc1ccc(NC(=O)N2CCN(Cc3c(-c4ccc(F)cc4)nc4scc(C)n34)CC2)cc1. The highest BCUT2D eigenvalue weighted by Gasteiger charge is 2.24. The first-order chi connectivity index (χ1) is 16.0. The van der Waals surface area contributed by atoms with Crippen molar-refractivity contribution < 1.29 is 9.18 Å². The van der Waals surface area contributed by atoms with Gasteiger partial charge in [0.2, 0.25) is 0 Å². The standard InChI is InChI=1S/C25H26FN5OS/c1-17-3-9-21(10-4-17)27-24(32)30-13-11-29(12-14-30)15-22-23(19-5-7-20(26)8-6-19)28-25-31(22)18(2)16-33-25/h3-10,16H,11-15H2,1-2H3,(H,27,32). The molecular formula is C25H26FN5OS. The van der Waals surface area contributed by atoms with Crippen molar-refractivity contribution in [3.63, 3.8) is 0 Å². The summed E-state index contributed by atoms with van der Waals surface area (Å²) in [6.45, 7) is 7.71. The third kappa shape index (κ3) is 4.49. The Balaban J connectivity index is 1.29. The Morgan fingerprint density at radius 2 is 1.73 bits per heavy atom. The first kappa shape index (κ1) is 21.6. The fourth-order valence-corrected chi connectivity index (χ4v) is 5.09. The number of imidazole rings is 1. The molecule has 3 heterocycles. The molecule has 4 aromatic rings. The summed E-state index contributed by atoms with van der Waals surface area (Å²) in [5.74, 6) is -0.252. The lowest BCUT2D eigenvalue weighted by molar-refractivity contribution is 0.142. The average Bonchev–Trinajstić information content (AvgIpc) is 3.36. The number of hydrogen-bond acceptors (Lipinski definition) is 4. The van der Waals surface area contributed by atoms with Crippen molar-refractivity contribution in [2.24, 2.45) is 0 Å². The van der Waals surface area contributed by atoms with Crippen LogP contribution >= 0.6 is 11.3 Å². The van der Waals surface area contributed by atoms with Gasteiger partial charge in [0.15, 0.2) is 4.96 Å². The van der Waals surface area contributed by atoms with Gasteiger partial charge < -0.3 is 10.2 Å². The van der Waals surface area contributed by atoms with E-state index in [0.29, 0.717) is 13.1 Å². The molecule has 0 radical (unpaired) electrons. The van der Waals surface area contributed by atoms with Gasteiger partial charge >= 0.3 is 6.03 Å². The third-order valence-electron chi connectivity index (χ3n) is 6.08. The van der Waals surface area contributed by atoms with Crippen LogP contribution in [0.5, 0.6) is 0 Å². The minimum Gasteiger partial charge on any atom is -0.322 e. The van der Waals surface area contributed by atoms with E-state index in [4.69, 9.17) is 4.98 Å². The zero-order chi connectivity index (χ0) is 22.9. The Bertz CT molecular complexity index is 1270. The number of aryl methyl sites for hydroxylation is 2. The molecule has 1 N–H and O–H groups in total. The van der Waals surface area contributed by atoms with E-state index in [9.17, 15) is 9.18 Å². The fraction of sp³-hybridized carbons (Fsp3) is 0.280. The molecule has 33 heavy (non-hydrogen) atoms. The molecule has 0 spiro atoms. The zero-order valence-corrected chi connectivity index (χ0v) is 19.5. The van der Waals surface area contributed by atoms with Gasteiger partial charge in [-0.25, -0.2) is 14.2 Å². The highest BCUT2D eigenvalue weighted by atomic mass is 32.1. The summed E-state index contributed by atoms with van der Waals surface area (Å²) in [6.07, 6.45) is 0. The van der Waals surface area contributed by atoms with Gasteiger partial charge in [0.25, 0.3) is 0 Å². The zero-order valence-electron chi connectivity index (χ0n) is 18.7. The number of benzene rings is 2. The van der Waals surface area contributed by atoms with Crippen LogP contribution in [-0.2, 0) is 6.54 Å². The molecule has 0 saturated carbocycles. The second-order valence-corrected chi connectivity index (χ2v) is 9.30. The van der Waals surface area contributed by atoms with E-state index in [1.54, 1.807) is 23.5 Å². The summed E-state index contributed by atoms with van der Waals surface area (Å²) in [6, 6.07) is 14.3. The topological polar surface area (TPSA) is 52.9 Å². The predicted molar refractivity (Wildman–Crippen MR) is 130 cm³/mol. The van der Waals surface area contributed by atoms with Crippen LogP contribution in [-0.4, -0.2) is 51.4 Å². The van der Waals surface area contributed by atoms with Crippen LogP contribution in [0.2, 0.25) is 0 Å². The number of rotatable bonds is 4. The normalized spacial score (nSPS) is 14.7. The maximum atomic E-state index is 13.5. The summed E-state index contributed by atoms with van der Waals surface area (Å²) in [5.41, 5.74) is 6.03. The number of aromatic nitrogens is 2. The number of halogens is 1. The van der Waals surface area contributed by atoms with Gasteiger partial charge in [-0.15, -0.1) is 11.3 Å². The van der Waals surface area contributed by atoms with Gasteiger partial charge in [-0.2, -0.15) is 0 Å². The molecule has 1 fully saturated rings. The first-order valence-corrected chi connectivity index (χ1v) is 11.9. The summed E-state index contributed by atoms with van der Waals surface area (Å²) in [7, 11) is 0. The number of thiazole rings is 1. The lowest BCUT2D eigenvalue weighted by atomic mass is 10.1. The second-order valence-electron chi connectivity index (χ2n) is 8.47. The fourth-order valence-electron chi connectivity index (χ4n) is 4.21. The molecule has 1 aliphatic heterocycles. The molecular weight excluding hydrogens is 437 g/mol. The molecule has 0 bridgehead atoms. The lowest BCUT2D eigenvalue weighted by Gasteiger charge is -2.34. The summed E-state index contributed by atoms with van der Waals surface area (Å²) in [4.78, 5) is 22.7. The minimum atomic E-state index is -0.252. The number of anilines is 1. The lowest BCUT2D eigenvalue weighted by Crippen LogP contribution is -2.49. The molecule has 2 aromatic carbocycles. The number of nitrogens with one attached hydrogen (secondary N) is 1. The number of urea groups is 1. The minimum absolute atomic E-state index is 0.0640. The van der Waals surface area contributed by atoms with Crippen LogP contribution in [0, 0.1) is 19.7 Å². The van der Waals surface area contributed by atoms with Gasteiger partial charge in [-0.05, 0) is 50.2 Å². The second kappa shape index (κ2) is 8.96. The summed E-state index contributed by atoms with van der Waals surface area (Å²) in [5, 5.41) is 5.09. The number of amides is 2. The van der Waals surface area contributed by atoms with Gasteiger partial charge in [0, 0.05) is 55.0 Å². The summed E-state index contributed by atoms with van der Waals surface area (Å²) < 4.78 is 15.7. The maximum Gasteiger partial charge on any atom is 0.321 e. The Kier molecular flexibility index (Phi) is 5.86. The van der Waals surface area contributed by atoms with Crippen LogP contribution in [0.1, 0.15) is 17.0 Å². The van der Waals surface area contributed by atoms with E-state index < -0.39 is 0 Å². The van der Waals surface area contributed by atoms with Gasteiger partial charge in [-0.1, -0.05) is 17.7 Å². The Morgan fingerprint density at radius 1 is 1.03 bits per heavy atom. The smallest absolute Gasteiger partial charge is 0.321 e. The van der Waals surface area contributed by atoms with Gasteiger partial charge in [0.1, 0.15) is 5.82 Å². The average molecular weight is 464 g/mol. The van der Waals surface area contributed by atoms with Crippen molar-refractivity contribution in [1.82, 2.24) is 19.2 Å². The van der Waals surface area contributed by atoms with Crippen LogP contribution in [0.4, 0.5) is 14.9 Å². The van der Waals surface area contributed by atoms with Crippen LogP contribution in [0.15, 0.2) is 53.9 Å². The quantitative estimate of drug-likeness (QED) is 0.454. The van der Waals surface area contributed by atoms with Crippen molar-refractivity contribution in [2.45, 2.75) is 20.4 Å². The molecule has 170 valence electrons. The van der Waals surface area contributed by atoms with Crippen molar-refractivity contribution in [1.29, 1.82) is 0 Å². The summed E-state index contributed by atoms with van der Waals surface area (Å²) >= 11 is 1.61. The molecule has 0 atom stereocenters.